The van der Waals surface area contributed by atoms with Crippen LogP contribution < -0.4 is 0 Å². The Balaban J connectivity index is 2.40. The summed E-state index contributed by atoms with van der Waals surface area (Å²) in [6, 6.07) is 14.1. The molecule has 2 aromatic carbocycles. The Hall–Kier alpha value is -1.25. The van der Waals surface area contributed by atoms with Crippen molar-refractivity contribution in [3.63, 3.8) is 0 Å². The van der Waals surface area contributed by atoms with Crippen LogP contribution in [0.2, 0.25) is 5.02 Å². The molecule has 0 unspecified atom stereocenters. The third-order valence-corrected chi connectivity index (χ3v) is 3.83. The largest absolute Gasteiger partial charge is 0.361 e. The first-order valence-corrected chi connectivity index (χ1v) is 6.45. The Kier molecular flexibility index (Phi) is 2.69. The van der Waals surface area contributed by atoms with Crippen LogP contribution in [-0.2, 0) is 0 Å². The molecule has 0 amide bonds. The summed E-state index contributed by atoms with van der Waals surface area (Å²) in [6.07, 6.45) is 1.93. The highest BCUT2D eigenvalue weighted by molar-refractivity contribution is 9.10. The summed E-state index contributed by atoms with van der Waals surface area (Å²) in [5.41, 5.74) is 3.22. The van der Waals surface area contributed by atoms with Crippen molar-refractivity contribution >= 4 is 38.4 Å². The normalized spacial score (nSPS) is 10.9. The molecule has 84 valence electrons. The van der Waals surface area contributed by atoms with E-state index in [9.17, 15) is 0 Å². The Labute approximate surface area is 113 Å². The quantitative estimate of drug-likeness (QED) is 0.632. The predicted octanol–water partition coefficient (Wildman–Crippen LogP) is 5.25. The first kappa shape index (κ1) is 10.9. The van der Waals surface area contributed by atoms with Gasteiger partial charge in [0.05, 0.1) is 10.5 Å². The summed E-state index contributed by atoms with van der Waals surface area (Å²) >= 11 is 9.89. The first-order chi connectivity index (χ1) is 8.27. The molecule has 0 bridgehead atoms. The van der Waals surface area contributed by atoms with Crippen molar-refractivity contribution in [3.8, 4) is 11.1 Å². The van der Waals surface area contributed by atoms with Crippen LogP contribution in [0, 0.1) is 0 Å². The molecule has 0 atom stereocenters. The zero-order valence-corrected chi connectivity index (χ0v) is 11.2. The lowest BCUT2D eigenvalue weighted by atomic mass is 10.0. The molecule has 0 spiro atoms. The van der Waals surface area contributed by atoms with E-state index in [-0.39, 0.29) is 0 Å². The van der Waals surface area contributed by atoms with E-state index in [4.69, 9.17) is 11.6 Å². The van der Waals surface area contributed by atoms with E-state index >= 15 is 0 Å². The van der Waals surface area contributed by atoms with Crippen molar-refractivity contribution < 1.29 is 0 Å². The maximum absolute atomic E-state index is 6.33. The van der Waals surface area contributed by atoms with Gasteiger partial charge >= 0.3 is 0 Å². The molecule has 0 saturated heterocycles. The maximum Gasteiger partial charge on any atom is 0.0549 e. The van der Waals surface area contributed by atoms with E-state index in [0.29, 0.717) is 0 Å². The van der Waals surface area contributed by atoms with E-state index in [1.165, 1.54) is 5.39 Å². The molecule has 0 aliphatic carbocycles. The fraction of sp³-hybridized carbons (Fsp3) is 0. The molecular weight excluding hydrogens is 298 g/mol. The number of benzene rings is 2. The van der Waals surface area contributed by atoms with E-state index in [1.807, 2.05) is 42.6 Å². The maximum atomic E-state index is 6.33. The van der Waals surface area contributed by atoms with Gasteiger partial charge in [-0.25, -0.2) is 0 Å². The van der Waals surface area contributed by atoms with Crippen LogP contribution in [0.3, 0.4) is 0 Å². The molecule has 1 heterocycles. The molecule has 17 heavy (non-hydrogen) atoms. The van der Waals surface area contributed by atoms with Crippen LogP contribution in [-0.4, -0.2) is 4.98 Å². The minimum Gasteiger partial charge on any atom is -0.361 e. The van der Waals surface area contributed by atoms with Crippen molar-refractivity contribution in [3.05, 3.63) is 58.2 Å². The van der Waals surface area contributed by atoms with Crippen LogP contribution in [0.1, 0.15) is 0 Å². The summed E-state index contributed by atoms with van der Waals surface area (Å²) in [7, 11) is 0. The summed E-state index contributed by atoms with van der Waals surface area (Å²) in [5.74, 6) is 0. The van der Waals surface area contributed by atoms with Gasteiger partial charge < -0.3 is 4.98 Å². The van der Waals surface area contributed by atoms with Gasteiger partial charge in [0.1, 0.15) is 0 Å². The van der Waals surface area contributed by atoms with Gasteiger partial charge in [-0.2, -0.15) is 0 Å². The number of rotatable bonds is 1. The van der Waals surface area contributed by atoms with Gasteiger partial charge in [-0.3, -0.25) is 0 Å². The fourth-order valence-corrected chi connectivity index (χ4v) is 2.77. The average Bonchev–Trinajstić information content (AvgIpc) is 2.79. The van der Waals surface area contributed by atoms with E-state index in [1.54, 1.807) is 0 Å². The molecular formula is C14H9BrClN. The number of halogens is 2. The van der Waals surface area contributed by atoms with Gasteiger partial charge in [-0.05, 0) is 23.8 Å². The van der Waals surface area contributed by atoms with Gasteiger partial charge in [-0.1, -0.05) is 51.8 Å². The predicted molar refractivity (Wildman–Crippen MR) is 76.4 cm³/mol. The second-order valence-electron chi connectivity index (χ2n) is 3.84. The van der Waals surface area contributed by atoms with Crippen LogP contribution in [0.5, 0.6) is 0 Å². The first-order valence-electron chi connectivity index (χ1n) is 5.28. The zero-order valence-electron chi connectivity index (χ0n) is 8.87. The lowest BCUT2D eigenvalue weighted by molar-refractivity contribution is 1.47. The monoisotopic (exact) mass is 305 g/mol. The molecule has 0 fully saturated rings. The zero-order chi connectivity index (χ0) is 11.8. The van der Waals surface area contributed by atoms with Gasteiger partial charge in [-0.15, -0.1) is 0 Å². The molecule has 0 aliphatic rings. The van der Waals surface area contributed by atoms with E-state index in [0.717, 1.165) is 26.1 Å². The highest BCUT2D eigenvalue weighted by atomic mass is 79.9. The molecule has 3 heteroatoms. The minimum atomic E-state index is 0.756. The SMILES string of the molecule is Clc1ccc2cc[nH]c2c1-c1ccccc1Br. The third-order valence-electron chi connectivity index (χ3n) is 2.82. The average molecular weight is 307 g/mol. The highest BCUT2D eigenvalue weighted by Crippen LogP contribution is 2.37. The summed E-state index contributed by atoms with van der Waals surface area (Å²) in [6.45, 7) is 0. The Morgan fingerprint density at radius 3 is 2.65 bits per heavy atom. The molecule has 0 saturated carbocycles. The molecule has 1 N–H and O–H groups in total. The summed E-state index contributed by atoms with van der Waals surface area (Å²) < 4.78 is 1.05. The summed E-state index contributed by atoms with van der Waals surface area (Å²) in [5, 5.41) is 1.92. The Bertz CT molecular complexity index is 688. The van der Waals surface area contributed by atoms with Crippen LogP contribution in [0.15, 0.2) is 53.1 Å². The fourth-order valence-electron chi connectivity index (χ4n) is 2.03. The van der Waals surface area contributed by atoms with Gasteiger partial charge in [0, 0.05) is 21.6 Å². The van der Waals surface area contributed by atoms with Gasteiger partial charge in [0.2, 0.25) is 0 Å². The summed E-state index contributed by atoms with van der Waals surface area (Å²) in [4.78, 5) is 3.25. The minimum absolute atomic E-state index is 0.756. The number of H-pyrrole nitrogens is 1. The Morgan fingerprint density at radius 1 is 1.00 bits per heavy atom. The second-order valence-corrected chi connectivity index (χ2v) is 5.11. The lowest BCUT2D eigenvalue weighted by Gasteiger charge is -2.08. The number of aromatic amines is 1. The van der Waals surface area contributed by atoms with Crippen molar-refractivity contribution in [2.45, 2.75) is 0 Å². The second kappa shape index (κ2) is 4.21. The third kappa shape index (κ3) is 1.78. The number of aromatic nitrogens is 1. The molecule has 0 aliphatic heterocycles. The lowest BCUT2D eigenvalue weighted by Crippen LogP contribution is -1.83. The van der Waals surface area contributed by atoms with Crippen LogP contribution >= 0.6 is 27.5 Å². The van der Waals surface area contributed by atoms with Crippen molar-refractivity contribution in [1.82, 2.24) is 4.98 Å². The number of fused-ring (bicyclic) bond motifs is 1. The van der Waals surface area contributed by atoms with E-state index < -0.39 is 0 Å². The number of nitrogens with one attached hydrogen (secondary N) is 1. The Morgan fingerprint density at radius 2 is 1.82 bits per heavy atom. The molecule has 3 aromatic rings. The van der Waals surface area contributed by atoms with Crippen molar-refractivity contribution in [2.24, 2.45) is 0 Å². The van der Waals surface area contributed by atoms with Crippen LogP contribution in [0.4, 0.5) is 0 Å². The number of hydrogen-bond acceptors (Lipinski definition) is 0. The molecule has 0 radical (unpaired) electrons. The molecule has 3 rings (SSSR count). The molecule has 1 nitrogen and oxygen atoms in total. The van der Waals surface area contributed by atoms with Crippen molar-refractivity contribution in [2.75, 3.05) is 0 Å². The highest BCUT2D eigenvalue weighted by Gasteiger charge is 2.11. The van der Waals surface area contributed by atoms with Gasteiger partial charge in [0.25, 0.3) is 0 Å². The van der Waals surface area contributed by atoms with Crippen LogP contribution in [0.25, 0.3) is 22.0 Å². The van der Waals surface area contributed by atoms with Crippen molar-refractivity contribution in [1.29, 1.82) is 0 Å². The number of hydrogen-bond donors (Lipinski definition) is 1. The van der Waals surface area contributed by atoms with E-state index in [2.05, 4.69) is 27.0 Å². The standard InChI is InChI=1S/C14H9BrClN/c15-11-4-2-1-3-10(11)13-12(16)6-5-9-7-8-17-14(9)13/h1-8,17H. The molecule has 1 aromatic heterocycles. The smallest absolute Gasteiger partial charge is 0.0549 e. The van der Waals surface area contributed by atoms with Gasteiger partial charge in [0.15, 0.2) is 0 Å². The topological polar surface area (TPSA) is 15.8 Å².